The molecule has 0 atom stereocenters. The molecule has 9 heteroatoms. The van der Waals surface area contributed by atoms with E-state index in [1.807, 2.05) is 0 Å². The first-order valence-corrected chi connectivity index (χ1v) is 7.52. The molecule has 0 aliphatic rings. The lowest BCUT2D eigenvalue weighted by molar-refractivity contribution is -0.140. The van der Waals surface area contributed by atoms with Crippen LogP contribution in [0, 0.1) is 5.82 Å². The molecule has 4 nitrogen and oxygen atoms in total. The van der Waals surface area contributed by atoms with E-state index in [1.54, 1.807) is 36.7 Å². The zero-order valence-electron chi connectivity index (χ0n) is 12.0. The summed E-state index contributed by atoms with van der Waals surface area (Å²) >= 11 is 0.975. The predicted molar refractivity (Wildman–Crippen MR) is 82.2 cm³/mol. The van der Waals surface area contributed by atoms with Gasteiger partial charge < -0.3 is 4.72 Å². The van der Waals surface area contributed by atoms with Gasteiger partial charge in [0, 0.05) is 17.2 Å². The number of hydrogen-bond acceptors (Lipinski definition) is 4. The Morgan fingerprint density at radius 1 is 1.04 bits per heavy atom. The maximum absolute atomic E-state index is 13.6. The van der Waals surface area contributed by atoms with Gasteiger partial charge in [0.05, 0.1) is 11.8 Å². The van der Waals surface area contributed by atoms with Crippen LogP contribution < -0.4 is 4.72 Å². The summed E-state index contributed by atoms with van der Waals surface area (Å²) in [5.74, 6) is -0.185. The van der Waals surface area contributed by atoms with Crippen molar-refractivity contribution in [2.45, 2.75) is 11.1 Å². The highest BCUT2D eigenvalue weighted by molar-refractivity contribution is 8.00. The molecule has 0 aliphatic heterocycles. The van der Waals surface area contributed by atoms with Gasteiger partial charge in [-0.1, -0.05) is 6.07 Å². The Hall–Kier alpha value is -2.55. The van der Waals surface area contributed by atoms with Crippen molar-refractivity contribution in [2.24, 2.45) is 0 Å². The summed E-state index contributed by atoms with van der Waals surface area (Å²) in [6, 6.07) is 9.73. The van der Waals surface area contributed by atoms with Crippen molar-refractivity contribution < 1.29 is 17.6 Å². The Balaban J connectivity index is 1.76. The Kier molecular flexibility index (Phi) is 4.43. The third-order valence-electron chi connectivity index (χ3n) is 3.03. The van der Waals surface area contributed by atoms with E-state index in [0.29, 0.717) is 16.5 Å². The Morgan fingerprint density at radius 2 is 1.88 bits per heavy atom. The summed E-state index contributed by atoms with van der Waals surface area (Å²) in [5.41, 5.74) is -1.29. The topological polar surface area (TPSA) is 42.7 Å². The van der Waals surface area contributed by atoms with Gasteiger partial charge in [-0.25, -0.2) is 9.37 Å². The van der Waals surface area contributed by atoms with E-state index in [1.165, 1.54) is 10.7 Å². The zero-order valence-corrected chi connectivity index (χ0v) is 12.8. The lowest BCUT2D eigenvalue weighted by atomic mass is 10.2. The van der Waals surface area contributed by atoms with Crippen LogP contribution in [0.25, 0.3) is 5.82 Å². The molecular weight excluding hydrogens is 344 g/mol. The first kappa shape index (κ1) is 16.3. The number of nitrogens with one attached hydrogen (secondary N) is 1. The van der Waals surface area contributed by atoms with E-state index in [2.05, 4.69) is 14.8 Å². The number of halogens is 4. The van der Waals surface area contributed by atoms with Gasteiger partial charge in [-0.2, -0.15) is 23.0 Å². The summed E-state index contributed by atoms with van der Waals surface area (Å²) < 4.78 is 55.7. The molecule has 0 aliphatic carbocycles. The fourth-order valence-electron chi connectivity index (χ4n) is 1.94. The number of anilines is 1. The standard InChI is InChI=1S/C15H10F4N4S/c16-12-9-10(4-5-11(12)15(17,18)19)24-22-14-6-8-21-23(14)13-3-1-2-7-20-13/h1-9,22H. The monoisotopic (exact) mass is 354 g/mol. The maximum atomic E-state index is 13.6. The van der Waals surface area contributed by atoms with Gasteiger partial charge in [-0.05, 0) is 42.3 Å². The number of rotatable bonds is 4. The SMILES string of the molecule is Fc1cc(SNc2ccnn2-c2ccccn2)ccc1C(F)(F)F. The quantitative estimate of drug-likeness (QED) is 0.552. The van der Waals surface area contributed by atoms with Crippen LogP contribution in [0.1, 0.15) is 5.56 Å². The molecule has 2 aromatic heterocycles. The van der Waals surface area contributed by atoms with E-state index in [-0.39, 0.29) is 0 Å². The molecule has 3 rings (SSSR count). The molecule has 3 aromatic rings. The van der Waals surface area contributed by atoms with Gasteiger partial charge in [0.1, 0.15) is 11.6 Å². The molecular formula is C15H10F4N4S. The highest BCUT2D eigenvalue weighted by Crippen LogP contribution is 2.33. The van der Waals surface area contributed by atoms with Gasteiger partial charge in [-0.3, -0.25) is 0 Å². The first-order chi connectivity index (χ1) is 11.4. The summed E-state index contributed by atoms with van der Waals surface area (Å²) in [7, 11) is 0. The van der Waals surface area contributed by atoms with Crippen molar-refractivity contribution >= 4 is 17.8 Å². The normalized spacial score (nSPS) is 11.5. The van der Waals surface area contributed by atoms with Gasteiger partial charge in [0.25, 0.3) is 0 Å². The van der Waals surface area contributed by atoms with Crippen LogP contribution in [0.5, 0.6) is 0 Å². The Labute approximate surface area is 138 Å². The summed E-state index contributed by atoms with van der Waals surface area (Å²) in [6.45, 7) is 0. The molecule has 0 amide bonds. The molecule has 0 saturated carbocycles. The third kappa shape index (κ3) is 3.51. The lowest BCUT2D eigenvalue weighted by Gasteiger charge is -2.10. The minimum Gasteiger partial charge on any atom is -0.310 e. The summed E-state index contributed by atoms with van der Waals surface area (Å²) in [4.78, 5) is 4.46. The number of benzene rings is 1. The van der Waals surface area contributed by atoms with E-state index in [0.717, 1.165) is 24.1 Å². The van der Waals surface area contributed by atoms with Crippen LogP contribution >= 0.6 is 11.9 Å². The Morgan fingerprint density at radius 3 is 2.54 bits per heavy atom. The molecule has 0 bridgehead atoms. The largest absolute Gasteiger partial charge is 0.419 e. The maximum Gasteiger partial charge on any atom is 0.419 e. The number of hydrogen-bond donors (Lipinski definition) is 1. The minimum absolute atomic E-state index is 0.300. The number of aromatic nitrogens is 3. The average Bonchev–Trinajstić information content (AvgIpc) is 3.01. The fourth-order valence-corrected chi connectivity index (χ4v) is 2.62. The second-order valence-corrected chi connectivity index (χ2v) is 5.54. The second kappa shape index (κ2) is 6.52. The third-order valence-corrected chi connectivity index (χ3v) is 3.83. The van der Waals surface area contributed by atoms with Crippen molar-refractivity contribution in [3.63, 3.8) is 0 Å². The zero-order chi connectivity index (χ0) is 17.2. The van der Waals surface area contributed by atoms with Crippen LogP contribution in [-0.4, -0.2) is 14.8 Å². The van der Waals surface area contributed by atoms with Crippen molar-refractivity contribution in [1.82, 2.24) is 14.8 Å². The van der Waals surface area contributed by atoms with E-state index >= 15 is 0 Å². The number of alkyl halides is 3. The Bertz CT molecular complexity index is 833. The van der Waals surface area contributed by atoms with Gasteiger partial charge in [0.15, 0.2) is 5.82 Å². The smallest absolute Gasteiger partial charge is 0.310 e. The molecule has 0 fully saturated rings. The van der Waals surface area contributed by atoms with E-state index in [9.17, 15) is 17.6 Å². The van der Waals surface area contributed by atoms with Crippen molar-refractivity contribution in [3.05, 3.63) is 66.2 Å². The summed E-state index contributed by atoms with van der Waals surface area (Å²) in [6.07, 6.45) is -1.55. The molecule has 0 spiro atoms. The minimum atomic E-state index is -4.71. The van der Waals surface area contributed by atoms with Crippen LogP contribution in [0.3, 0.4) is 0 Å². The van der Waals surface area contributed by atoms with Crippen LogP contribution in [0.4, 0.5) is 23.4 Å². The fraction of sp³-hybridized carbons (Fsp3) is 0.0667. The molecule has 0 radical (unpaired) electrons. The van der Waals surface area contributed by atoms with E-state index < -0.39 is 17.6 Å². The van der Waals surface area contributed by atoms with Crippen molar-refractivity contribution in [1.29, 1.82) is 0 Å². The van der Waals surface area contributed by atoms with Gasteiger partial charge in [0.2, 0.25) is 0 Å². The van der Waals surface area contributed by atoms with Gasteiger partial charge >= 0.3 is 6.18 Å². The predicted octanol–water partition coefficient (Wildman–Crippen LogP) is 4.54. The molecule has 1 N–H and O–H groups in total. The van der Waals surface area contributed by atoms with Crippen molar-refractivity contribution in [2.75, 3.05) is 4.72 Å². The molecule has 2 heterocycles. The lowest BCUT2D eigenvalue weighted by Crippen LogP contribution is -2.08. The molecule has 1 aromatic carbocycles. The molecule has 0 unspecified atom stereocenters. The highest BCUT2D eigenvalue weighted by Gasteiger charge is 2.33. The molecule has 24 heavy (non-hydrogen) atoms. The van der Waals surface area contributed by atoms with Crippen LogP contribution in [0.2, 0.25) is 0 Å². The van der Waals surface area contributed by atoms with Crippen LogP contribution in [-0.2, 0) is 6.18 Å². The average molecular weight is 354 g/mol. The van der Waals surface area contributed by atoms with E-state index in [4.69, 9.17) is 0 Å². The summed E-state index contributed by atoms with van der Waals surface area (Å²) in [5, 5.41) is 4.12. The van der Waals surface area contributed by atoms with Crippen LogP contribution in [0.15, 0.2) is 59.8 Å². The second-order valence-electron chi connectivity index (χ2n) is 4.66. The first-order valence-electron chi connectivity index (χ1n) is 6.70. The molecule has 124 valence electrons. The van der Waals surface area contributed by atoms with Crippen molar-refractivity contribution in [3.8, 4) is 5.82 Å². The molecule has 0 saturated heterocycles. The van der Waals surface area contributed by atoms with Gasteiger partial charge in [-0.15, -0.1) is 0 Å². The highest BCUT2D eigenvalue weighted by atomic mass is 32.2. The number of pyridine rings is 1. The number of nitrogens with zero attached hydrogens (tertiary/aromatic N) is 3.